The van der Waals surface area contributed by atoms with Crippen molar-refractivity contribution in [2.75, 3.05) is 30.3 Å². The van der Waals surface area contributed by atoms with E-state index in [4.69, 9.17) is 0 Å². The van der Waals surface area contributed by atoms with Crippen molar-refractivity contribution in [2.24, 2.45) is 0 Å². The van der Waals surface area contributed by atoms with Crippen LogP contribution in [0.3, 0.4) is 0 Å². The normalized spacial score (nSPS) is 18.9. The van der Waals surface area contributed by atoms with Gasteiger partial charge in [-0.05, 0) is 24.6 Å². The SMILES string of the molecule is CCNCc1cccc(F)c1N1CCSC(C)(C)CC1. The number of thioether (sulfide) groups is 1. The standard InChI is InChI=1S/C16H25FN2S/c1-4-18-12-13-6-5-7-14(17)15(13)19-9-8-16(2,3)20-11-10-19/h5-7,18H,4,8-12H2,1-3H3. The largest absolute Gasteiger partial charge is 0.368 e. The molecule has 1 aromatic carbocycles. The molecule has 0 saturated carbocycles. The first-order valence-corrected chi connectivity index (χ1v) is 8.39. The molecule has 0 radical (unpaired) electrons. The van der Waals surface area contributed by atoms with Crippen LogP contribution in [0.15, 0.2) is 18.2 Å². The Labute approximate surface area is 126 Å². The molecule has 1 aliphatic heterocycles. The van der Waals surface area contributed by atoms with E-state index in [1.165, 1.54) is 0 Å². The zero-order chi connectivity index (χ0) is 14.6. The van der Waals surface area contributed by atoms with E-state index in [1.807, 2.05) is 23.9 Å². The lowest BCUT2D eigenvalue weighted by Crippen LogP contribution is -2.29. The van der Waals surface area contributed by atoms with Crippen molar-refractivity contribution >= 4 is 17.4 Å². The van der Waals surface area contributed by atoms with E-state index >= 15 is 0 Å². The van der Waals surface area contributed by atoms with Crippen LogP contribution in [-0.4, -0.2) is 30.1 Å². The van der Waals surface area contributed by atoms with Gasteiger partial charge in [-0.2, -0.15) is 11.8 Å². The van der Waals surface area contributed by atoms with E-state index in [1.54, 1.807) is 6.07 Å². The molecule has 1 heterocycles. The molecular weight excluding hydrogens is 271 g/mol. The van der Waals surface area contributed by atoms with Crippen LogP contribution >= 0.6 is 11.8 Å². The average molecular weight is 296 g/mol. The van der Waals surface area contributed by atoms with E-state index < -0.39 is 0 Å². The number of halogens is 1. The van der Waals surface area contributed by atoms with Crippen molar-refractivity contribution in [2.45, 2.75) is 38.5 Å². The third-order valence-electron chi connectivity index (χ3n) is 3.79. The van der Waals surface area contributed by atoms with Crippen LogP contribution in [0.1, 0.15) is 32.8 Å². The quantitative estimate of drug-likeness (QED) is 0.913. The van der Waals surface area contributed by atoms with Gasteiger partial charge in [-0.25, -0.2) is 4.39 Å². The lowest BCUT2D eigenvalue weighted by molar-refractivity contribution is 0.596. The molecule has 0 aliphatic carbocycles. The van der Waals surface area contributed by atoms with Crippen LogP contribution in [0.4, 0.5) is 10.1 Å². The Balaban J connectivity index is 2.22. The van der Waals surface area contributed by atoms with Crippen LogP contribution in [0.25, 0.3) is 0 Å². The first-order valence-electron chi connectivity index (χ1n) is 7.40. The van der Waals surface area contributed by atoms with E-state index in [-0.39, 0.29) is 5.82 Å². The van der Waals surface area contributed by atoms with Crippen LogP contribution in [0, 0.1) is 5.82 Å². The predicted molar refractivity (Wildman–Crippen MR) is 87.1 cm³/mol. The highest BCUT2D eigenvalue weighted by Crippen LogP contribution is 2.34. The summed E-state index contributed by atoms with van der Waals surface area (Å²) in [7, 11) is 0. The molecule has 2 rings (SSSR count). The van der Waals surface area contributed by atoms with Gasteiger partial charge in [0.2, 0.25) is 0 Å². The van der Waals surface area contributed by atoms with Crippen LogP contribution in [0.2, 0.25) is 0 Å². The van der Waals surface area contributed by atoms with Gasteiger partial charge in [0.05, 0.1) is 5.69 Å². The summed E-state index contributed by atoms with van der Waals surface area (Å²) < 4.78 is 14.6. The minimum Gasteiger partial charge on any atom is -0.368 e. The Morgan fingerprint density at radius 3 is 2.90 bits per heavy atom. The summed E-state index contributed by atoms with van der Waals surface area (Å²) in [5.74, 6) is 0.965. The molecule has 1 aliphatic rings. The fraction of sp³-hybridized carbons (Fsp3) is 0.625. The van der Waals surface area contributed by atoms with Crippen LogP contribution in [0.5, 0.6) is 0 Å². The zero-order valence-corrected chi connectivity index (χ0v) is 13.5. The van der Waals surface area contributed by atoms with Gasteiger partial charge < -0.3 is 10.2 Å². The first-order chi connectivity index (χ1) is 9.53. The van der Waals surface area contributed by atoms with Crippen molar-refractivity contribution in [3.05, 3.63) is 29.6 Å². The highest BCUT2D eigenvalue weighted by molar-refractivity contribution is 8.00. The fourth-order valence-corrected chi connectivity index (χ4v) is 3.66. The van der Waals surface area contributed by atoms with E-state index in [0.717, 1.165) is 49.6 Å². The smallest absolute Gasteiger partial charge is 0.146 e. The topological polar surface area (TPSA) is 15.3 Å². The Kier molecular flexibility index (Phi) is 5.33. The average Bonchev–Trinajstić information content (AvgIpc) is 2.57. The number of benzene rings is 1. The molecule has 20 heavy (non-hydrogen) atoms. The van der Waals surface area contributed by atoms with Crippen LogP contribution < -0.4 is 10.2 Å². The highest BCUT2D eigenvalue weighted by Gasteiger charge is 2.25. The summed E-state index contributed by atoms with van der Waals surface area (Å²) >= 11 is 1.99. The van der Waals surface area contributed by atoms with Crippen molar-refractivity contribution in [3.8, 4) is 0 Å². The van der Waals surface area contributed by atoms with E-state index in [9.17, 15) is 4.39 Å². The van der Waals surface area contributed by atoms with Crippen molar-refractivity contribution in [3.63, 3.8) is 0 Å². The fourth-order valence-electron chi connectivity index (χ4n) is 2.56. The molecule has 1 fully saturated rings. The third kappa shape index (κ3) is 3.89. The molecule has 112 valence electrons. The van der Waals surface area contributed by atoms with E-state index in [0.29, 0.717) is 4.75 Å². The van der Waals surface area contributed by atoms with Gasteiger partial charge in [0, 0.05) is 30.1 Å². The van der Waals surface area contributed by atoms with Crippen LogP contribution in [-0.2, 0) is 6.54 Å². The Bertz CT molecular complexity index is 448. The number of rotatable bonds is 4. The predicted octanol–water partition coefficient (Wildman–Crippen LogP) is 3.66. The summed E-state index contributed by atoms with van der Waals surface area (Å²) in [6, 6.07) is 5.42. The first kappa shape index (κ1) is 15.6. The number of nitrogens with zero attached hydrogens (tertiary/aromatic N) is 1. The summed E-state index contributed by atoms with van der Waals surface area (Å²) in [6.45, 7) is 10.1. The lowest BCUT2D eigenvalue weighted by atomic mass is 10.1. The summed E-state index contributed by atoms with van der Waals surface area (Å²) in [4.78, 5) is 2.23. The third-order valence-corrected chi connectivity index (χ3v) is 5.16. The molecule has 0 amide bonds. The maximum atomic E-state index is 14.3. The lowest BCUT2D eigenvalue weighted by Gasteiger charge is -2.27. The molecule has 2 nitrogen and oxygen atoms in total. The zero-order valence-electron chi connectivity index (χ0n) is 12.7. The summed E-state index contributed by atoms with van der Waals surface area (Å²) in [6.07, 6.45) is 1.09. The van der Waals surface area contributed by atoms with Gasteiger partial charge in [0.15, 0.2) is 0 Å². The number of hydrogen-bond donors (Lipinski definition) is 1. The van der Waals surface area contributed by atoms with Gasteiger partial charge in [-0.1, -0.05) is 32.9 Å². The highest BCUT2D eigenvalue weighted by atomic mass is 32.2. The number of hydrogen-bond acceptors (Lipinski definition) is 3. The monoisotopic (exact) mass is 296 g/mol. The molecular formula is C16H25FN2S. The molecule has 0 atom stereocenters. The maximum Gasteiger partial charge on any atom is 0.146 e. The van der Waals surface area contributed by atoms with Gasteiger partial charge in [-0.3, -0.25) is 0 Å². The molecule has 4 heteroatoms. The van der Waals surface area contributed by atoms with Gasteiger partial charge in [0.1, 0.15) is 5.82 Å². The molecule has 0 aromatic heterocycles. The number of para-hydroxylation sites is 1. The van der Waals surface area contributed by atoms with Gasteiger partial charge in [0.25, 0.3) is 0 Å². The van der Waals surface area contributed by atoms with Crippen molar-refractivity contribution < 1.29 is 4.39 Å². The molecule has 0 spiro atoms. The molecule has 1 aromatic rings. The second-order valence-corrected chi connectivity index (χ2v) is 7.68. The number of anilines is 1. The summed E-state index contributed by atoms with van der Waals surface area (Å²) in [5, 5.41) is 3.30. The molecule has 1 N–H and O–H groups in total. The van der Waals surface area contributed by atoms with Crippen molar-refractivity contribution in [1.82, 2.24) is 5.32 Å². The second-order valence-electron chi connectivity index (χ2n) is 5.87. The molecule has 0 bridgehead atoms. The Hall–Kier alpha value is -0.740. The Morgan fingerprint density at radius 2 is 2.15 bits per heavy atom. The Morgan fingerprint density at radius 1 is 1.35 bits per heavy atom. The summed E-state index contributed by atoms with van der Waals surface area (Å²) in [5.41, 5.74) is 1.86. The maximum absolute atomic E-state index is 14.3. The molecule has 0 unspecified atom stereocenters. The minimum absolute atomic E-state index is 0.0925. The van der Waals surface area contributed by atoms with Gasteiger partial charge in [-0.15, -0.1) is 0 Å². The molecule has 1 saturated heterocycles. The van der Waals surface area contributed by atoms with Gasteiger partial charge >= 0.3 is 0 Å². The minimum atomic E-state index is -0.0925. The number of nitrogens with one attached hydrogen (secondary N) is 1. The second kappa shape index (κ2) is 6.81. The van der Waals surface area contributed by atoms with E-state index in [2.05, 4.69) is 31.0 Å². The van der Waals surface area contributed by atoms with Crippen molar-refractivity contribution in [1.29, 1.82) is 0 Å².